The van der Waals surface area contributed by atoms with E-state index in [1.165, 1.54) is 0 Å². The Bertz CT molecular complexity index is 477. The Kier molecular flexibility index (Phi) is 6.56. The van der Waals surface area contributed by atoms with Gasteiger partial charge in [-0.05, 0) is 36.3 Å². The van der Waals surface area contributed by atoms with Crippen molar-refractivity contribution in [3.63, 3.8) is 0 Å². The fraction of sp³-hybridized carbons (Fsp3) is 0.438. The highest BCUT2D eigenvalue weighted by Gasteiger charge is 2.33. The first kappa shape index (κ1) is 17.7. The molecule has 6 nitrogen and oxygen atoms in total. The van der Waals surface area contributed by atoms with Gasteiger partial charge in [-0.15, -0.1) is 0 Å². The Hall–Kier alpha value is -2.37. The van der Waals surface area contributed by atoms with E-state index in [-0.39, 0.29) is 38.5 Å². The first-order valence-corrected chi connectivity index (χ1v) is 6.98. The first-order valence-electron chi connectivity index (χ1n) is 6.98. The SMILES string of the molecule is O=C(O)CCC(CCC(=O)O)(CCC(=O)O)c1cc[c]cc1. The predicted molar refractivity (Wildman–Crippen MR) is 77.6 cm³/mol. The maximum absolute atomic E-state index is 10.9. The lowest BCUT2D eigenvalue weighted by Gasteiger charge is -2.33. The molecule has 0 bridgehead atoms. The number of hydrogen-bond donors (Lipinski definition) is 3. The lowest BCUT2D eigenvalue weighted by Crippen LogP contribution is -2.29. The molecule has 22 heavy (non-hydrogen) atoms. The van der Waals surface area contributed by atoms with Crippen LogP contribution in [0.5, 0.6) is 0 Å². The zero-order valence-electron chi connectivity index (χ0n) is 12.1. The van der Waals surface area contributed by atoms with Crippen molar-refractivity contribution in [3.05, 3.63) is 35.9 Å². The van der Waals surface area contributed by atoms with E-state index in [9.17, 15) is 14.4 Å². The minimum Gasteiger partial charge on any atom is -0.481 e. The van der Waals surface area contributed by atoms with Crippen LogP contribution in [0.3, 0.4) is 0 Å². The van der Waals surface area contributed by atoms with E-state index in [2.05, 4.69) is 6.07 Å². The summed E-state index contributed by atoms with van der Waals surface area (Å²) in [5, 5.41) is 26.8. The largest absolute Gasteiger partial charge is 0.481 e. The second-order valence-corrected chi connectivity index (χ2v) is 5.25. The molecule has 0 fully saturated rings. The van der Waals surface area contributed by atoms with Crippen LogP contribution in [0.4, 0.5) is 0 Å². The van der Waals surface area contributed by atoms with Crippen molar-refractivity contribution in [1.29, 1.82) is 0 Å². The number of aliphatic carboxylic acids is 3. The topological polar surface area (TPSA) is 112 Å². The minimum absolute atomic E-state index is 0.141. The van der Waals surface area contributed by atoms with Crippen molar-refractivity contribution in [2.24, 2.45) is 0 Å². The third kappa shape index (κ3) is 5.55. The third-order valence-electron chi connectivity index (χ3n) is 3.78. The summed E-state index contributed by atoms with van der Waals surface area (Å²) in [5.74, 6) is -2.97. The van der Waals surface area contributed by atoms with E-state index in [0.717, 1.165) is 5.56 Å². The monoisotopic (exact) mass is 307 g/mol. The zero-order chi connectivity index (χ0) is 16.6. The third-order valence-corrected chi connectivity index (χ3v) is 3.78. The van der Waals surface area contributed by atoms with E-state index in [1.54, 1.807) is 24.3 Å². The molecular formula is C16H19O6. The van der Waals surface area contributed by atoms with Crippen LogP contribution >= 0.6 is 0 Å². The summed E-state index contributed by atoms with van der Waals surface area (Å²) in [6.07, 6.45) is 0.181. The standard InChI is InChI=1S/C16H19O6/c17-13(18)6-9-16(10-7-14(19)20,11-8-15(21)22)12-4-2-1-3-5-12/h2-5H,6-11H2,(H,17,18)(H,19,20)(H,21,22). The molecule has 0 atom stereocenters. The molecular weight excluding hydrogens is 288 g/mol. The summed E-state index contributed by atoms with van der Waals surface area (Å²) in [7, 11) is 0. The van der Waals surface area contributed by atoms with Gasteiger partial charge in [-0.3, -0.25) is 14.4 Å². The average molecular weight is 307 g/mol. The fourth-order valence-electron chi connectivity index (χ4n) is 2.59. The van der Waals surface area contributed by atoms with E-state index in [0.29, 0.717) is 0 Å². The van der Waals surface area contributed by atoms with E-state index in [4.69, 9.17) is 15.3 Å². The van der Waals surface area contributed by atoms with Gasteiger partial charge < -0.3 is 15.3 Å². The number of carboxylic acids is 3. The van der Waals surface area contributed by atoms with Gasteiger partial charge in [-0.2, -0.15) is 0 Å². The van der Waals surface area contributed by atoms with Gasteiger partial charge in [0.2, 0.25) is 0 Å². The van der Waals surface area contributed by atoms with Crippen LogP contribution in [0.1, 0.15) is 44.1 Å². The number of carboxylic acid groups (broad SMARTS) is 3. The lowest BCUT2D eigenvalue weighted by atomic mass is 9.70. The highest BCUT2D eigenvalue weighted by atomic mass is 16.4. The smallest absolute Gasteiger partial charge is 0.303 e. The molecule has 0 spiro atoms. The van der Waals surface area contributed by atoms with Gasteiger partial charge in [-0.25, -0.2) is 0 Å². The molecule has 3 N–H and O–H groups in total. The van der Waals surface area contributed by atoms with E-state index < -0.39 is 23.3 Å². The van der Waals surface area contributed by atoms with Gasteiger partial charge in [0.1, 0.15) is 0 Å². The van der Waals surface area contributed by atoms with Crippen molar-refractivity contribution < 1.29 is 29.7 Å². The zero-order valence-corrected chi connectivity index (χ0v) is 12.1. The van der Waals surface area contributed by atoms with Crippen LogP contribution in [0.2, 0.25) is 0 Å². The van der Waals surface area contributed by atoms with Gasteiger partial charge in [0.15, 0.2) is 0 Å². The fourth-order valence-corrected chi connectivity index (χ4v) is 2.59. The normalized spacial score (nSPS) is 11.1. The Balaban J connectivity index is 3.11. The summed E-state index contributed by atoms with van der Waals surface area (Å²) in [5.41, 5.74) is -0.0143. The number of hydrogen-bond acceptors (Lipinski definition) is 3. The summed E-state index contributed by atoms with van der Waals surface area (Å²) < 4.78 is 0. The number of rotatable bonds is 10. The summed E-state index contributed by atoms with van der Waals surface area (Å²) in [4.78, 5) is 32.7. The molecule has 0 saturated heterocycles. The molecule has 0 amide bonds. The Morgan fingerprint density at radius 3 is 1.50 bits per heavy atom. The molecule has 1 radical (unpaired) electrons. The molecule has 0 aliphatic heterocycles. The Morgan fingerprint density at radius 1 is 0.818 bits per heavy atom. The molecule has 1 rings (SSSR count). The first-order chi connectivity index (χ1) is 10.4. The molecule has 0 heterocycles. The van der Waals surface area contributed by atoms with Gasteiger partial charge in [0.05, 0.1) is 0 Å². The lowest BCUT2D eigenvalue weighted by molar-refractivity contribution is -0.137. The molecule has 1 aromatic carbocycles. The molecule has 0 unspecified atom stereocenters. The molecule has 6 heteroatoms. The maximum Gasteiger partial charge on any atom is 0.303 e. The summed E-state index contributed by atoms with van der Waals surface area (Å²) >= 11 is 0. The van der Waals surface area contributed by atoms with E-state index >= 15 is 0 Å². The van der Waals surface area contributed by atoms with Crippen LogP contribution in [0, 0.1) is 6.07 Å². The van der Waals surface area contributed by atoms with Crippen molar-refractivity contribution in [1.82, 2.24) is 0 Å². The Morgan fingerprint density at radius 2 is 1.18 bits per heavy atom. The van der Waals surface area contributed by atoms with Crippen LogP contribution in [0.15, 0.2) is 24.3 Å². The summed E-state index contributed by atoms with van der Waals surface area (Å²) in [6, 6.07) is 9.65. The average Bonchev–Trinajstić information content (AvgIpc) is 2.47. The summed E-state index contributed by atoms with van der Waals surface area (Å²) in [6.45, 7) is 0. The minimum atomic E-state index is -0.988. The molecule has 1 aromatic rings. The molecule has 0 saturated carbocycles. The van der Waals surface area contributed by atoms with Crippen LogP contribution in [0.25, 0.3) is 0 Å². The Labute approximate surface area is 128 Å². The van der Waals surface area contributed by atoms with Crippen molar-refractivity contribution in [2.45, 2.75) is 43.9 Å². The van der Waals surface area contributed by atoms with Crippen LogP contribution in [-0.4, -0.2) is 33.2 Å². The molecule has 0 aromatic heterocycles. The number of benzene rings is 1. The predicted octanol–water partition coefficient (Wildman–Crippen LogP) is 2.32. The van der Waals surface area contributed by atoms with Crippen molar-refractivity contribution in [3.8, 4) is 0 Å². The molecule has 0 aliphatic rings. The maximum atomic E-state index is 10.9. The second-order valence-electron chi connectivity index (χ2n) is 5.25. The van der Waals surface area contributed by atoms with E-state index in [1.807, 2.05) is 0 Å². The highest BCUT2D eigenvalue weighted by molar-refractivity contribution is 5.69. The quantitative estimate of drug-likeness (QED) is 0.611. The van der Waals surface area contributed by atoms with Crippen LogP contribution in [-0.2, 0) is 19.8 Å². The highest BCUT2D eigenvalue weighted by Crippen LogP contribution is 2.38. The van der Waals surface area contributed by atoms with Crippen LogP contribution < -0.4 is 0 Å². The van der Waals surface area contributed by atoms with Crippen molar-refractivity contribution in [2.75, 3.05) is 0 Å². The second kappa shape index (κ2) is 8.17. The van der Waals surface area contributed by atoms with Gasteiger partial charge >= 0.3 is 17.9 Å². The molecule has 119 valence electrons. The van der Waals surface area contributed by atoms with Gasteiger partial charge in [-0.1, -0.05) is 24.3 Å². The number of carbonyl (C=O) groups is 3. The van der Waals surface area contributed by atoms with Gasteiger partial charge in [0, 0.05) is 19.3 Å². The van der Waals surface area contributed by atoms with Crippen molar-refractivity contribution >= 4 is 17.9 Å². The molecule has 0 aliphatic carbocycles. The van der Waals surface area contributed by atoms with Gasteiger partial charge in [0.25, 0.3) is 0 Å².